The van der Waals surface area contributed by atoms with E-state index in [0.717, 1.165) is 70.6 Å². The van der Waals surface area contributed by atoms with Gasteiger partial charge in [-0.05, 0) is 77.0 Å². The first-order chi connectivity index (χ1) is 37.5. The zero-order chi connectivity index (χ0) is 55.0. The molecule has 0 aliphatic heterocycles. The molecule has 0 rings (SSSR count). The Balaban J connectivity index is 4.27. The summed E-state index contributed by atoms with van der Waals surface area (Å²) in [6, 6.07) is 0. The molecule has 0 aromatic carbocycles. The lowest BCUT2D eigenvalue weighted by atomic mass is 10.0. The van der Waals surface area contributed by atoms with Gasteiger partial charge in [0.25, 0.3) is 0 Å². The number of rotatable bonds is 60. The van der Waals surface area contributed by atoms with Crippen molar-refractivity contribution >= 4 is 17.9 Å². The smallest absolute Gasteiger partial charge is 0.306 e. The Kier molecular flexibility index (Phi) is 61.7. The van der Waals surface area contributed by atoms with Crippen LogP contribution in [0.2, 0.25) is 0 Å². The summed E-state index contributed by atoms with van der Waals surface area (Å²) >= 11 is 0. The minimum Gasteiger partial charge on any atom is -0.462 e. The van der Waals surface area contributed by atoms with Gasteiger partial charge in [0.1, 0.15) is 13.2 Å². The van der Waals surface area contributed by atoms with Gasteiger partial charge in [-0.15, -0.1) is 0 Å². The molecule has 6 heteroatoms. The highest BCUT2D eigenvalue weighted by molar-refractivity contribution is 5.71. The van der Waals surface area contributed by atoms with Gasteiger partial charge in [0.2, 0.25) is 0 Å². The van der Waals surface area contributed by atoms with Crippen LogP contribution in [0.25, 0.3) is 0 Å². The van der Waals surface area contributed by atoms with Crippen LogP contribution in [-0.4, -0.2) is 37.2 Å². The monoisotopic (exact) mass is 1060 g/mol. The number of esters is 3. The Hall–Kier alpha value is -3.15. The van der Waals surface area contributed by atoms with Gasteiger partial charge in [0.05, 0.1) is 0 Å². The van der Waals surface area contributed by atoms with Crippen LogP contribution in [-0.2, 0) is 28.6 Å². The fourth-order valence-corrected chi connectivity index (χ4v) is 9.55. The molecule has 0 aromatic rings. The first-order valence-electron chi connectivity index (χ1n) is 32.9. The summed E-state index contributed by atoms with van der Waals surface area (Å²) in [6.07, 6.45) is 83.7. The molecule has 0 aliphatic rings. The Bertz CT molecular complexity index is 1400. The molecule has 0 saturated heterocycles. The maximum atomic E-state index is 12.9. The third-order valence-corrected chi connectivity index (χ3v) is 14.5. The maximum Gasteiger partial charge on any atom is 0.306 e. The molecule has 0 amide bonds. The predicted molar refractivity (Wildman–Crippen MR) is 330 cm³/mol. The molecule has 0 radical (unpaired) electrons. The Morgan fingerprint density at radius 3 is 0.882 bits per heavy atom. The van der Waals surface area contributed by atoms with Crippen molar-refractivity contribution < 1.29 is 28.6 Å². The molecule has 0 N–H and O–H groups in total. The van der Waals surface area contributed by atoms with Crippen LogP contribution in [0.15, 0.2) is 72.9 Å². The summed E-state index contributed by atoms with van der Waals surface area (Å²) in [5.74, 6) is -0.961. The molecule has 0 aromatic heterocycles. The van der Waals surface area contributed by atoms with Crippen molar-refractivity contribution in [2.24, 2.45) is 0 Å². The molecule has 0 aliphatic carbocycles. The molecule has 0 heterocycles. The van der Waals surface area contributed by atoms with E-state index < -0.39 is 6.10 Å². The van der Waals surface area contributed by atoms with E-state index in [1.165, 1.54) is 218 Å². The first kappa shape index (κ1) is 72.8. The molecule has 6 nitrogen and oxygen atoms in total. The number of carbonyl (C=O) groups is 3. The van der Waals surface area contributed by atoms with Gasteiger partial charge in [0.15, 0.2) is 6.10 Å². The summed E-state index contributed by atoms with van der Waals surface area (Å²) < 4.78 is 16.9. The quantitative estimate of drug-likeness (QED) is 0.0261. The third kappa shape index (κ3) is 61.7. The van der Waals surface area contributed by atoms with Gasteiger partial charge in [0, 0.05) is 19.3 Å². The van der Waals surface area contributed by atoms with Crippen LogP contribution < -0.4 is 0 Å². The normalized spacial score (nSPS) is 12.5. The first-order valence-corrected chi connectivity index (χ1v) is 32.9. The van der Waals surface area contributed by atoms with E-state index in [2.05, 4.69) is 87.6 Å². The van der Waals surface area contributed by atoms with Crippen LogP contribution in [0.1, 0.15) is 335 Å². The SMILES string of the molecule is CC/C=C\C/C=C\C/C=C\C/C=C\CCC(=O)OCC(COC(=O)CCCCCCCCCCCCCCCCC/C=C\C/C=C\CCCCCCC)OC(=O)CCCCCCCCCCCCCCCCCCCC. The summed E-state index contributed by atoms with van der Waals surface area (Å²) in [5, 5.41) is 0. The zero-order valence-corrected chi connectivity index (χ0v) is 50.5. The summed E-state index contributed by atoms with van der Waals surface area (Å²) in [6.45, 7) is 6.50. The second kappa shape index (κ2) is 64.4. The van der Waals surface area contributed by atoms with Crippen molar-refractivity contribution in [3.8, 4) is 0 Å². The lowest BCUT2D eigenvalue weighted by molar-refractivity contribution is -0.166. The van der Waals surface area contributed by atoms with Gasteiger partial charge in [-0.2, -0.15) is 0 Å². The van der Waals surface area contributed by atoms with E-state index in [-0.39, 0.29) is 37.5 Å². The number of unbranched alkanes of at least 4 members (excludes halogenated alkanes) is 37. The van der Waals surface area contributed by atoms with Crippen molar-refractivity contribution in [1.29, 1.82) is 0 Å². The van der Waals surface area contributed by atoms with Gasteiger partial charge >= 0.3 is 17.9 Å². The fraction of sp³-hybridized carbons (Fsp3) is 0.786. The second-order valence-corrected chi connectivity index (χ2v) is 22.0. The van der Waals surface area contributed by atoms with E-state index in [0.29, 0.717) is 19.3 Å². The number of carbonyl (C=O) groups excluding carboxylic acids is 3. The number of hydrogen-bond acceptors (Lipinski definition) is 6. The van der Waals surface area contributed by atoms with E-state index >= 15 is 0 Å². The van der Waals surface area contributed by atoms with E-state index in [4.69, 9.17) is 14.2 Å². The molecule has 0 saturated carbocycles. The Labute approximate surface area is 472 Å². The third-order valence-electron chi connectivity index (χ3n) is 14.5. The maximum absolute atomic E-state index is 12.9. The average Bonchev–Trinajstić information content (AvgIpc) is 3.42. The Morgan fingerprint density at radius 1 is 0.276 bits per heavy atom. The number of hydrogen-bond donors (Lipinski definition) is 0. The highest BCUT2D eigenvalue weighted by Gasteiger charge is 2.19. The van der Waals surface area contributed by atoms with E-state index in [1.54, 1.807) is 0 Å². The molecular weight excluding hydrogens is 937 g/mol. The largest absolute Gasteiger partial charge is 0.462 e. The summed E-state index contributed by atoms with van der Waals surface area (Å²) in [7, 11) is 0. The minimum atomic E-state index is -0.802. The van der Waals surface area contributed by atoms with Gasteiger partial charge < -0.3 is 14.2 Å². The number of ether oxygens (including phenoxy) is 3. The highest BCUT2D eigenvalue weighted by atomic mass is 16.6. The summed E-state index contributed by atoms with van der Waals surface area (Å²) in [4.78, 5) is 38.3. The second-order valence-electron chi connectivity index (χ2n) is 22.0. The van der Waals surface area contributed by atoms with E-state index in [1.807, 2.05) is 6.08 Å². The van der Waals surface area contributed by atoms with Crippen molar-refractivity contribution in [3.05, 3.63) is 72.9 Å². The average molecular weight is 1060 g/mol. The van der Waals surface area contributed by atoms with Gasteiger partial charge in [-0.25, -0.2) is 0 Å². The molecule has 76 heavy (non-hydrogen) atoms. The van der Waals surface area contributed by atoms with Crippen LogP contribution in [0, 0.1) is 0 Å². The van der Waals surface area contributed by atoms with Gasteiger partial charge in [-0.1, -0.05) is 312 Å². The molecule has 0 spiro atoms. The molecular formula is C70H124O6. The summed E-state index contributed by atoms with van der Waals surface area (Å²) in [5.41, 5.74) is 0. The molecule has 0 fully saturated rings. The zero-order valence-electron chi connectivity index (χ0n) is 50.5. The van der Waals surface area contributed by atoms with Crippen LogP contribution in [0.3, 0.4) is 0 Å². The predicted octanol–water partition coefficient (Wildman–Crippen LogP) is 22.5. The van der Waals surface area contributed by atoms with Crippen molar-refractivity contribution in [2.75, 3.05) is 13.2 Å². The molecule has 1 atom stereocenters. The van der Waals surface area contributed by atoms with Crippen molar-refractivity contribution in [2.45, 2.75) is 341 Å². The lowest BCUT2D eigenvalue weighted by Crippen LogP contribution is -2.30. The van der Waals surface area contributed by atoms with Crippen molar-refractivity contribution in [1.82, 2.24) is 0 Å². The number of allylic oxidation sites excluding steroid dienone is 12. The standard InChI is InChI=1S/C70H124O6/c1-4-7-10-13-16-19-22-25-27-29-31-32-33-34-35-36-37-38-39-41-42-45-48-51-54-57-60-63-69(72)75-66-67(65-74-68(71)62-59-56-53-50-47-44-24-21-18-15-12-9-6-3)76-70(73)64-61-58-55-52-49-46-43-40-30-28-26-23-20-17-14-11-8-5-2/h9,12,18,21-22,25,29,31,44,47,53,56,67H,4-8,10-11,13-17,19-20,23-24,26-28,30,32-43,45-46,48-52,54-55,57-66H2,1-3H3/b12-9-,21-18-,25-22-,31-29-,47-44-,56-53-. The van der Waals surface area contributed by atoms with Crippen LogP contribution in [0.5, 0.6) is 0 Å². The van der Waals surface area contributed by atoms with Crippen LogP contribution >= 0.6 is 0 Å². The molecule has 1 unspecified atom stereocenters. The lowest BCUT2D eigenvalue weighted by Gasteiger charge is -2.18. The molecule has 440 valence electrons. The van der Waals surface area contributed by atoms with Gasteiger partial charge in [-0.3, -0.25) is 14.4 Å². The molecule has 0 bridgehead atoms. The fourth-order valence-electron chi connectivity index (χ4n) is 9.55. The van der Waals surface area contributed by atoms with Crippen molar-refractivity contribution in [3.63, 3.8) is 0 Å². The Morgan fingerprint density at radius 2 is 0.539 bits per heavy atom. The highest BCUT2D eigenvalue weighted by Crippen LogP contribution is 2.17. The topological polar surface area (TPSA) is 78.9 Å². The van der Waals surface area contributed by atoms with E-state index in [9.17, 15) is 14.4 Å². The minimum absolute atomic E-state index is 0.0938. The van der Waals surface area contributed by atoms with Crippen LogP contribution in [0.4, 0.5) is 0 Å².